The van der Waals surface area contributed by atoms with Gasteiger partial charge in [-0.1, -0.05) is 0 Å². The lowest BCUT2D eigenvalue weighted by Gasteiger charge is -2.36. The van der Waals surface area contributed by atoms with Crippen LogP contribution in [0.1, 0.15) is 5.56 Å². The zero-order valence-corrected chi connectivity index (χ0v) is 12.2. The Kier molecular flexibility index (Phi) is 3.92. The minimum atomic E-state index is -3.17. The maximum absolute atomic E-state index is 11.9. The molecule has 2 rings (SSSR count). The number of nitrogens with two attached hydrogens (primary N) is 1. The number of nitrogens with zero attached hydrogens (tertiary/aromatic N) is 2. The lowest BCUT2D eigenvalue weighted by atomic mass is 10.1. The first-order chi connectivity index (χ1) is 8.93. The van der Waals surface area contributed by atoms with E-state index in [2.05, 4.69) is 0 Å². The molecule has 5 nitrogen and oxygen atoms in total. The van der Waals surface area contributed by atoms with E-state index in [0.29, 0.717) is 29.2 Å². The number of sulfone groups is 1. The molecule has 1 fully saturated rings. The molecule has 1 unspecified atom stereocenters. The summed E-state index contributed by atoms with van der Waals surface area (Å²) in [6, 6.07) is 6.98. The second-order valence-electron chi connectivity index (χ2n) is 4.44. The number of rotatable bonds is 2. The minimum Gasteiger partial charge on any atom is -0.397 e. The smallest absolute Gasteiger partial charge is 0.169 e. The van der Waals surface area contributed by atoms with Gasteiger partial charge in [0, 0.05) is 24.3 Å². The first-order valence-corrected chi connectivity index (χ1v) is 8.87. The standard InChI is InChI=1S/C12H15N3O2S2/c1-19(16,17)12-8-18-5-4-15(12)11-3-2-9(7-13)6-10(11)14/h2-3,6,12H,4-5,8,14H2,1H3. The van der Waals surface area contributed by atoms with E-state index >= 15 is 0 Å². The van der Waals surface area contributed by atoms with Gasteiger partial charge in [-0.05, 0) is 18.2 Å². The van der Waals surface area contributed by atoms with Crippen molar-refractivity contribution in [2.24, 2.45) is 0 Å². The van der Waals surface area contributed by atoms with Crippen molar-refractivity contribution in [1.29, 1.82) is 5.26 Å². The van der Waals surface area contributed by atoms with Gasteiger partial charge in [0.2, 0.25) is 0 Å². The van der Waals surface area contributed by atoms with Gasteiger partial charge in [0.05, 0.1) is 23.0 Å². The first-order valence-electron chi connectivity index (χ1n) is 5.76. The molecule has 0 bridgehead atoms. The van der Waals surface area contributed by atoms with Crippen LogP contribution < -0.4 is 10.6 Å². The highest BCUT2D eigenvalue weighted by molar-refractivity contribution is 8.01. The van der Waals surface area contributed by atoms with E-state index in [-0.39, 0.29) is 0 Å². The quantitative estimate of drug-likeness (QED) is 0.821. The highest BCUT2D eigenvalue weighted by atomic mass is 32.2. The summed E-state index contributed by atoms with van der Waals surface area (Å²) in [4.78, 5) is 1.82. The van der Waals surface area contributed by atoms with E-state index in [4.69, 9.17) is 11.0 Å². The Morgan fingerprint density at radius 3 is 2.84 bits per heavy atom. The minimum absolute atomic E-state index is 0.444. The number of nitrogen functional groups attached to an aromatic ring is 1. The molecule has 102 valence electrons. The Morgan fingerprint density at radius 2 is 2.26 bits per heavy atom. The Labute approximate surface area is 117 Å². The van der Waals surface area contributed by atoms with Crippen LogP contribution in [0.2, 0.25) is 0 Å². The van der Waals surface area contributed by atoms with Gasteiger partial charge >= 0.3 is 0 Å². The molecule has 1 aromatic rings. The van der Waals surface area contributed by atoms with Gasteiger partial charge < -0.3 is 10.6 Å². The fourth-order valence-electron chi connectivity index (χ4n) is 2.10. The van der Waals surface area contributed by atoms with Crippen LogP contribution in [0.3, 0.4) is 0 Å². The van der Waals surface area contributed by atoms with Crippen molar-refractivity contribution in [2.45, 2.75) is 5.37 Å². The summed E-state index contributed by atoms with van der Waals surface area (Å²) in [5.41, 5.74) is 7.55. The molecule has 1 aliphatic heterocycles. The van der Waals surface area contributed by atoms with E-state index < -0.39 is 15.2 Å². The molecule has 1 atom stereocenters. The van der Waals surface area contributed by atoms with Crippen molar-refractivity contribution in [3.8, 4) is 6.07 Å². The number of anilines is 2. The van der Waals surface area contributed by atoms with Crippen LogP contribution in [-0.2, 0) is 9.84 Å². The normalized spacial score (nSPS) is 20.0. The van der Waals surface area contributed by atoms with Crippen LogP contribution in [0.25, 0.3) is 0 Å². The SMILES string of the molecule is CS(=O)(=O)C1CSCCN1c1ccc(C#N)cc1N. The highest BCUT2D eigenvalue weighted by Gasteiger charge is 2.31. The van der Waals surface area contributed by atoms with Crippen LogP contribution in [0.15, 0.2) is 18.2 Å². The average Bonchev–Trinajstić information content (AvgIpc) is 2.37. The van der Waals surface area contributed by atoms with Crippen molar-refractivity contribution in [1.82, 2.24) is 0 Å². The summed E-state index contributed by atoms with van der Waals surface area (Å²) in [5.74, 6) is 1.41. The van der Waals surface area contributed by atoms with E-state index in [1.54, 1.807) is 30.0 Å². The van der Waals surface area contributed by atoms with Crippen LogP contribution in [0, 0.1) is 11.3 Å². The number of hydrogen-bond acceptors (Lipinski definition) is 6. The number of thioether (sulfide) groups is 1. The van der Waals surface area contributed by atoms with Gasteiger partial charge in [0.1, 0.15) is 5.37 Å². The summed E-state index contributed by atoms with van der Waals surface area (Å²) >= 11 is 1.63. The Morgan fingerprint density at radius 1 is 1.53 bits per heavy atom. The Bertz CT molecular complexity index is 622. The molecule has 1 aromatic carbocycles. The average molecular weight is 297 g/mol. The second kappa shape index (κ2) is 5.31. The van der Waals surface area contributed by atoms with Crippen molar-refractivity contribution >= 4 is 33.0 Å². The van der Waals surface area contributed by atoms with Gasteiger partial charge in [-0.3, -0.25) is 0 Å². The zero-order chi connectivity index (χ0) is 14.0. The summed E-state index contributed by atoms with van der Waals surface area (Å²) < 4.78 is 23.7. The predicted octanol–water partition coefficient (Wildman–Crippen LogP) is 1.06. The summed E-state index contributed by atoms with van der Waals surface area (Å²) in [6.45, 7) is 0.637. The molecule has 1 heterocycles. The van der Waals surface area contributed by atoms with Gasteiger partial charge in [0.15, 0.2) is 9.84 Å². The predicted molar refractivity (Wildman–Crippen MR) is 78.9 cm³/mol. The van der Waals surface area contributed by atoms with Crippen LogP contribution >= 0.6 is 11.8 Å². The fourth-order valence-corrected chi connectivity index (χ4v) is 4.93. The molecule has 19 heavy (non-hydrogen) atoms. The van der Waals surface area contributed by atoms with Crippen molar-refractivity contribution in [2.75, 3.05) is 34.9 Å². The van der Waals surface area contributed by atoms with Crippen molar-refractivity contribution < 1.29 is 8.42 Å². The number of hydrogen-bond donors (Lipinski definition) is 1. The van der Waals surface area contributed by atoms with Gasteiger partial charge in [-0.25, -0.2) is 8.42 Å². The lowest BCUT2D eigenvalue weighted by molar-refractivity contribution is 0.584. The molecule has 1 saturated heterocycles. The number of nitriles is 1. The third-order valence-corrected chi connectivity index (χ3v) is 5.69. The lowest BCUT2D eigenvalue weighted by Crippen LogP contribution is -2.47. The van der Waals surface area contributed by atoms with Crippen molar-refractivity contribution in [3.05, 3.63) is 23.8 Å². The maximum atomic E-state index is 11.9. The molecule has 0 radical (unpaired) electrons. The molecule has 0 amide bonds. The second-order valence-corrected chi connectivity index (χ2v) is 7.79. The van der Waals surface area contributed by atoms with Crippen LogP contribution in [-0.4, -0.2) is 38.1 Å². The third kappa shape index (κ3) is 2.96. The van der Waals surface area contributed by atoms with Crippen molar-refractivity contribution in [3.63, 3.8) is 0 Å². The topological polar surface area (TPSA) is 87.2 Å². The monoisotopic (exact) mass is 297 g/mol. The Hall–Kier alpha value is -1.39. The number of benzene rings is 1. The van der Waals surface area contributed by atoms with Gasteiger partial charge in [0.25, 0.3) is 0 Å². The van der Waals surface area contributed by atoms with Crippen LogP contribution in [0.5, 0.6) is 0 Å². The maximum Gasteiger partial charge on any atom is 0.169 e. The van der Waals surface area contributed by atoms with E-state index in [0.717, 1.165) is 5.75 Å². The summed E-state index contributed by atoms with van der Waals surface area (Å²) in [7, 11) is -3.17. The molecular formula is C12H15N3O2S2. The molecule has 0 aliphatic carbocycles. The fraction of sp³-hybridized carbons (Fsp3) is 0.417. The Balaban J connectivity index is 2.41. The molecule has 0 aromatic heterocycles. The van der Waals surface area contributed by atoms with Gasteiger partial charge in [-0.2, -0.15) is 17.0 Å². The molecule has 0 saturated carbocycles. The van der Waals surface area contributed by atoms with Crippen LogP contribution in [0.4, 0.5) is 11.4 Å². The first kappa shape index (κ1) is 14.0. The molecular weight excluding hydrogens is 282 g/mol. The van der Waals surface area contributed by atoms with E-state index in [1.165, 1.54) is 6.26 Å². The molecule has 7 heteroatoms. The van der Waals surface area contributed by atoms with E-state index in [1.807, 2.05) is 11.0 Å². The summed E-state index contributed by atoms with van der Waals surface area (Å²) in [5, 5.41) is 8.27. The summed E-state index contributed by atoms with van der Waals surface area (Å²) in [6.07, 6.45) is 1.25. The third-order valence-electron chi connectivity index (χ3n) is 3.04. The molecule has 2 N–H and O–H groups in total. The van der Waals surface area contributed by atoms with Gasteiger partial charge in [-0.15, -0.1) is 0 Å². The molecule has 0 spiro atoms. The van der Waals surface area contributed by atoms with E-state index in [9.17, 15) is 8.42 Å². The highest BCUT2D eigenvalue weighted by Crippen LogP contribution is 2.31. The zero-order valence-electron chi connectivity index (χ0n) is 10.5. The molecule has 1 aliphatic rings. The largest absolute Gasteiger partial charge is 0.397 e.